The summed E-state index contributed by atoms with van der Waals surface area (Å²) in [6, 6.07) is 0. The Morgan fingerprint density at radius 3 is 2.28 bits per heavy atom. The molecule has 0 unspecified atom stereocenters. The van der Waals surface area contributed by atoms with E-state index in [9.17, 15) is 0 Å². The summed E-state index contributed by atoms with van der Waals surface area (Å²) in [4.78, 5) is 0. The molecule has 108 valence electrons. The highest BCUT2D eigenvalue weighted by atomic mass is 16.5. The summed E-state index contributed by atoms with van der Waals surface area (Å²) in [6.07, 6.45) is 7.49. The molecule has 1 fully saturated rings. The first-order valence-corrected chi connectivity index (χ1v) is 7.72. The highest BCUT2D eigenvalue weighted by molar-refractivity contribution is 4.91. The van der Waals surface area contributed by atoms with Crippen LogP contribution in [0.2, 0.25) is 0 Å². The van der Waals surface area contributed by atoms with Crippen molar-refractivity contribution in [1.29, 1.82) is 0 Å². The number of nitrogens with one attached hydrogen (secondary N) is 1. The fourth-order valence-corrected chi connectivity index (χ4v) is 3.14. The minimum Gasteiger partial charge on any atom is -0.374 e. The van der Waals surface area contributed by atoms with E-state index in [-0.39, 0.29) is 5.60 Å². The molecule has 0 aromatic heterocycles. The molecule has 2 nitrogen and oxygen atoms in total. The van der Waals surface area contributed by atoms with Gasteiger partial charge in [-0.1, -0.05) is 34.1 Å². The third-order valence-electron chi connectivity index (χ3n) is 4.53. The molecule has 18 heavy (non-hydrogen) atoms. The van der Waals surface area contributed by atoms with Crippen LogP contribution >= 0.6 is 0 Å². The van der Waals surface area contributed by atoms with Gasteiger partial charge in [0.1, 0.15) is 0 Å². The topological polar surface area (TPSA) is 21.3 Å². The van der Waals surface area contributed by atoms with Crippen molar-refractivity contribution in [2.24, 2.45) is 11.3 Å². The van der Waals surface area contributed by atoms with E-state index in [1.54, 1.807) is 0 Å². The molecule has 1 aliphatic rings. The van der Waals surface area contributed by atoms with Crippen molar-refractivity contribution in [3.05, 3.63) is 0 Å². The average molecular weight is 255 g/mol. The molecular weight excluding hydrogens is 222 g/mol. The lowest BCUT2D eigenvalue weighted by atomic mass is 9.68. The predicted molar refractivity (Wildman–Crippen MR) is 78.9 cm³/mol. The Labute approximate surface area is 114 Å². The van der Waals surface area contributed by atoms with Gasteiger partial charge in [-0.2, -0.15) is 0 Å². The highest BCUT2D eigenvalue weighted by Crippen LogP contribution is 2.42. The van der Waals surface area contributed by atoms with Crippen LogP contribution < -0.4 is 5.32 Å². The molecule has 0 aliphatic heterocycles. The van der Waals surface area contributed by atoms with Crippen molar-refractivity contribution >= 4 is 0 Å². The SMILES string of the molecule is CCCCOC1(CNC)CCC(C(C)(C)C)CC1. The molecule has 0 radical (unpaired) electrons. The van der Waals surface area contributed by atoms with Crippen LogP contribution in [0.15, 0.2) is 0 Å². The third-order valence-corrected chi connectivity index (χ3v) is 4.53. The number of unbranched alkanes of at least 4 members (excludes halogenated alkanes) is 1. The minimum atomic E-state index is 0.117. The summed E-state index contributed by atoms with van der Waals surface area (Å²) in [7, 11) is 2.04. The Balaban J connectivity index is 2.51. The summed E-state index contributed by atoms with van der Waals surface area (Å²) in [6.45, 7) is 11.3. The van der Waals surface area contributed by atoms with E-state index < -0.39 is 0 Å². The van der Waals surface area contributed by atoms with Gasteiger partial charge < -0.3 is 10.1 Å². The molecule has 0 aromatic carbocycles. The summed E-state index contributed by atoms with van der Waals surface area (Å²) in [5.74, 6) is 0.859. The van der Waals surface area contributed by atoms with Gasteiger partial charge in [-0.15, -0.1) is 0 Å². The zero-order valence-corrected chi connectivity index (χ0v) is 13.1. The molecule has 1 N–H and O–H groups in total. The molecule has 1 saturated carbocycles. The standard InChI is InChI=1S/C16H33NO/c1-6-7-12-18-16(13-17-5)10-8-14(9-11-16)15(2,3)4/h14,17H,6-13H2,1-5H3. The van der Waals surface area contributed by atoms with E-state index in [4.69, 9.17) is 4.74 Å². The first-order chi connectivity index (χ1) is 8.43. The largest absolute Gasteiger partial charge is 0.374 e. The molecule has 0 atom stereocenters. The van der Waals surface area contributed by atoms with Crippen LogP contribution in [-0.4, -0.2) is 25.8 Å². The summed E-state index contributed by atoms with van der Waals surface area (Å²) in [5.41, 5.74) is 0.570. The molecule has 1 aliphatic carbocycles. The Hall–Kier alpha value is -0.0800. The van der Waals surface area contributed by atoms with E-state index in [1.807, 2.05) is 7.05 Å². The minimum absolute atomic E-state index is 0.117. The lowest BCUT2D eigenvalue weighted by molar-refractivity contribution is -0.0843. The van der Waals surface area contributed by atoms with Crippen molar-refractivity contribution in [2.45, 2.75) is 71.8 Å². The van der Waals surface area contributed by atoms with Crippen molar-refractivity contribution in [3.8, 4) is 0 Å². The number of hydrogen-bond donors (Lipinski definition) is 1. The van der Waals surface area contributed by atoms with E-state index in [2.05, 4.69) is 33.0 Å². The van der Waals surface area contributed by atoms with Crippen LogP contribution in [-0.2, 0) is 4.74 Å². The molecule has 0 aromatic rings. The number of ether oxygens (including phenoxy) is 1. The van der Waals surface area contributed by atoms with Crippen molar-refractivity contribution in [3.63, 3.8) is 0 Å². The van der Waals surface area contributed by atoms with Gasteiger partial charge in [0.25, 0.3) is 0 Å². The summed E-state index contributed by atoms with van der Waals surface area (Å²) < 4.78 is 6.25. The second-order valence-electron chi connectivity index (χ2n) is 7.06. The average Bonchev–Trinajstić information content (AvgIpc) is 2.29. The normalized spacial score (nSPS) is 29.5. The summed E-state index contributed by atoms with van der Waals surface area (Å²) in [5, 5.41) is 3.33. The number of rotatable bonds is 6. The lowest BCUT2D eigenvalue weighted by Crippen LogP contribution is -2.46. The van der Waals surface area contributed by atoms with Gasteiger partial charge in [0.05, 0.1) is 5.60 Å². The molecule has 0 spiro atoms. The van der Waals surface area contributed by atoms with E-state index in [0.717, 1.165) is 19.1 Å². The second-order valence-corrected chi connectivity index (χ2v) is 7.06. The van der Waals surface area contributed by atoms with Gasteiger partial charge in [-0.05, 0) is 50.5 Å². The van der Waals surface area contributed by atoms with Crippen molar-refractivity contribution in [2.75, 3.05) is 20.2 Å². The van der Waals surface area contributed by atoms with E-state index >= 15 is 0 Å². The van der Waals surface area contributed by atoms with Crippen LogP contribution in [0, 0.1) is 11.3 Å². The number of hydrogen-bond acceptors (Lipinski definition) is 2. The fourth-order valence-electron chi connectivity index (χ4n) is 3.14. The molecule has 0 saturated heterocycles. The van der Waals surface area contributed by atoms with Gasteiger partial charge in [0, 0.05) is 13.2 Å². The first kappa shape index (κ1) is 16.0. The fraction of sp³-hybridized carbons (Fsp3) is 1.00. The summed E-state index contributed by atoms with van der Waals surface area (Å²) >= 11 is 0. The predicted octanol–water partition coefficient (Wildman–Crippen LogP) is 4.00. The highest BCUT2D eigenvalue weighted by Gasteiger charge is 2.38. The van der Waals surface area contributed by atoms with Crippen LogP contribution in [0.25, 0.3) is 0 Å². The molecular formula is C16H33NO. The Bertz CT molecular complexity index is 224. The molecule has 0 amide bonds. The number of likely N-dealkylation sites (N-methyl/N-ethyl adjacent to an activating group) is 1. The zero-order valence-electron chi connectivity index (χ0n) is 13.1. The van der Waals surface area contributed by atoms with Crippen LogP contribution in [0.1, 0.15) is 66.2 Å². The van der Waals surface area contributed by atoms with Gasteiger partial charge in [0.2, 0.25) is 0 Å². The maximum atomic E-state index is 6.25. The maximum absolute atomic E-state index is 6.25. The monoisotopic (exact) mass is 255 g/mol. The quantitative estimate of drug-likeness (QED) is 0.724. The van der Waals surface area contributed by atoms with Crippen molar-refractivity contribution in [1.82, 2.24) is 5.32 Å². The van der Waals surface area contributed by atoms with Gasteiger partial charge >= 0.3 is 0 Å². The van der Waals surface area contributed by atoms with E-state index in [0.29, 0.717) is 5.41 Å². The third kappa shape index (κ3) is 4.55. The molecule has 2 heteroatoms. The van der Waals surface area contributed by atoms with Gasteiger partial charge in [0.15, 0.2) is 0 Å². The van der Waals surface area contributed by atoms with Crippen LogP contribution in [0.3, 0.4) is 0 Å². The zero-order chi connectivity index (χ0) is 13.6. The van der Waals surface area contributed by atoms with Gasteiger partial charge in [-0.25, -0.2) is 0 Å². The van der Waals surface area contributed by atoms with E-state index in [1.165, 1.54) is 38.5 Å². The van der Waals surface area contributed by atoms with Gasteiger partial charge in [-0.3, -0.25) is 0 Å². The van der Waals surface area contributed by atoms with Crippen LogP contribution in [0.4, 0.5) is 0 Å². The maximum Gasteiger partial charge on any atom is 0.0806 e. The second kappa shape index (κ2) is 6.91. The Morgan fingerprint density at radius 1 is 1.22 bits per heavy atom. The lowest BCUT2D eigenvalue weighted by Gasteiger charge is -2.44. The molecule has 0 bridgehead atoms. The van der Waals surface area contributed by atoms with Crippen LogP contribution in [0.5, 0.6) is 0 Å². The first-order valence-electron chi connectivity index (χ1n) is 7.72. The molecule has 1 rings (SSSR count). The smallest absolute Gasteiger partial charge is 0.0806 e. The van der Waals surface area contributed by atoms with Crippen molar-refractivity contribution < 1.29 is 4.74 Å². The Kier molecular flexibility index (Phi) is 6.13. The Morgan fingerprint density at radius 2 is 1.83 bits per heavy atom. The molecule has 0 heterocycles.